The second kappa shape index (κ2) is 5.02. The lowest BCUT2D eigenvalue weighted by Gasteiger charge is -2.17. The molecule has 1 unspecified atom stereocenters. The van der Waals surface area contributed by atoms with E-state index in [9.17, 15) is 8.78 Å². The average Bonchev–Trinajstić information content (AvgIpc) is 2.16. The van der Waals surface area contributed by atoms with Crippen molar-refractivity contribution >= 4 is 0 Å². The molecular weight excluding hydrogens is 186 g/mol. The van der Waals surface area contributed by atoms with Crippen molar-refractivity contribution in [3.63, 3.8) is 0 Å². The van der Waals surface area contributed by atoms with Gasteiger partial charge in [-0.25, -0.2) is 8.78 Å². The molecule has 14 heavy (non-hydrogen) atoms. The summed E-state index contributed by atoms with van der Waals surface area (Å²) in [5, 5.41) is 2.93. The van der Waals surface area contributed by atoms with Gasteiger partial charge in [0.2, 0.25) is 0 Å². The predicted octanol–water partition coefficient (Wildman–Crippen LogP) is 1.57. The molecule has 0 aromatic heterocycles. The van der Waals surface area contributed by atoms with E-state index in [4.69, 9.17) is 5.73 Å². The van der Waals surface area contributed by atoms with Crippen LogP contribution in [0.3, 0.4) is 0 Å². The molecule has 0 spiro atoms. The quantitative estimate of drug-likeness (QED) is 0.774. The fourth-order valence-electron chi connectivity index (χ4n) is 1.39. The summed E-state index contributed by atoms with van der Waals surface area (Å²) in [6, 6.07) is 3.35. The highest BCUT2D eigenvalue weighted by Crippen LogP contribution is 2.19. The third-order valence-corrected chi connectivity index (χ3v) is 2.03. The maximum absolute atomic E-state index is 13.3. The van der Waals surface area contributed by atoms with Gasteiger partial charge in [0, 0.05) is 12.1 Å². The molecule has 0 heterocycles. The second-order valence-corrected chi connectivity index (χ2v) is 2.98. The lowest BCUT2D eigenvalue weighted by Crippen LogP contribution is -2.29. The minimum atomic E-state index is -0.554. The van der Waals surface area contributed by atoms with Gasteiger partial charge in [-0.1, -0.05) is 13.0 Å². The highest BCUT2D eigenvalue weighted by Gasteiger charge is 2.17. The first-order valence-corrected chi connectivity index (χ1v) is 4.58. The highest BCUT2D eigenvalue weighted by molar-refractivity contribution is 5.23. The van der Waals surface area contributed by atoms with E-state index in [0.29, 0.717) is 6.54 Å². The molecule has 0 aliphatic rings. The molecule has 0 fully saturated rings. The van der Waals surface area contributed by atoms with Crippen LogP contribution in [0, 0.1) is 11.6 Å². The summed E-state index contributed by atoms with van der Waals surface area (Å²) in [4.78, 5) is 0. The summed E-state index contributed by atoms with van der Waals surface area (Å²) >= 11 is 0. The van der Waals surface area contributed by atoms with Crippen molar-refractivity contribution in [3.05, 3.63) is 35.4 Å². The number of likely N-dealkylation sites (N-methyl/N-ethyl adjacent to an activating group) is 1. The number of halogens is 2. The molecule has 0 saturated carbocycles. The van der Waals surface area contributed by atoms with E-state index < -0.39 is 17.7 Å². The summed E-state index contributed by atoms with van der Waals surface area (Å²) in [6.45, 7) is 2.66. The third-order valence-electron chi connectivity index (χ3n) is 2.03. The molecule has 1 aromatic carbocycles. The van der Waals surface area contributed by atoms with E-state index in [1.807, 2.05) is 6.92 Å². The zero-order chi connectivity index (χ0) is 10.6. The van der Waals surface area contributed by atoms with Gasteiger partial charge in [0.15, 0.2) is 0 Å². The number of rotatable bonds is 4. The maximum atomic E-state index is 13.3. The summed E-state index contributed by atoms with van der Waals surface area (Å²) < 4.78 is 26.6. The normalized spacial score (nSPS) is 12.9. The van der Waals surface area contributed by atoms with Crippen LogP contribution in [0.5, 0.6) is 0 Å². The number of nitrogens with two attached hydrogens (primary N) is 1. The smallest absolute Gasteiger partial charge is 0.130 e. The highest BCUT2D eigenvalue weighted by atomic mass is 19.1. The van der Waals surface area contributed by atoms with Crippen molar-refractivity contribution in [3.8, 4) is 0 Å². The molecule has 0 bridgehead atoms. The van der Waals surface area contributed by atoms with Gasteiger partial charge in [0.05, 0.1) is 6.04 Å². The van der Waals surface area contributed by atoms with Crippen LogP contribution in [0.4, 0.5) is 8.78 Å². The van der Waals surface area contributed by atoms with Gasteiger partial charge < -0.3 is 11.1 Å². The Morgan fingerprint density at radius 3 is 2.36 bits per heavy atom. The SMILES string of the molecule is CCNC(CN)c1c(F)cccc1F. The molecule has 1 aromatic rings. The molecular formula is C10H14F2N2. The predicted molar refractivity (Wildman–Crippen MR) is 51.8 cm³/mol. The molecule has 1 rings (SSSR count). The minimum Gasteiger partial charge on any atom is -0.329 e. The number of hydrogen-bond donors (Lipinski definition) is 2. The Morgan fingerprint density at radius 1 is 1.36 bits per heavy atom. The van der Waals surface area contributed by atoms with Crippen molar-refractivity contribution in [1.29, 1.82) is 0 Å². The van der Waals surface area contributed by atoms with Crippen LogP contribution in [-0.4, -0.2) is 13.1 Å². The van der Waals surface area contributed by atoms with Crippen LogP contribution in [0.1, 0.15) is 18.5 Å². The molecule has 4 heteroatoms. The summed E-state index contributed by atoms with van der Waals surface area (Å²) in [6.07, 6.45) is 0. The molecule has 0 amide bonds. The van der Waals surface area contributed by atoms with E-state index in [-0.39, 0.29) is 12.1 Å². The average molecular weight is 200 g/mol. The van der Waals surface area contributed by atoms with Gasteiger partial charge in [-0.05, 0) is 18.7 Å². The van der Waals surface area contributed by atoms with E-state index >= 15 is 0 Å². The monoisotopic (exact) mass is 200 g/mol. The van der Waals surface area contributed by atoms with Gasteiger partial charge in [0.1, 0.15) is 11.6 Å². The molecule has 1 atom stereocenters. The van der Waals surface area contributed by atoms with E-state index in [1.54, 1.807) is 0 Å². The van der Waals surface area contributed by atoms with Gasteiger partial charge in [-0.15, -0.1) is 0 Å². The molecule has 0 aliphatic carbocycles. The zero-order valence-corrected chi connectivity index (χ0v) is 8.06. The number of nitrogens with one attached hydrogen (secondary N) is 1. The van der Waals surface area contributed by atoms with Crippen LogP contribution in [-0.2, 0) is 0 Å². The summed E-state index contributed by atoms with van der Waals surface area (Å²) in [7, 11) is 0. The van der Waals surface area contributed by atoms with Crippen LogP contribution in [0.25, 0.3) is 0 Å². The number of hydrogen-bond acceptors (Lipinski definition) is 2. The summed E-state index contributed by atoms with van der Waals surface area (Å²) in [5.41, 5.74) is 5.46. The molecule has 2 nitrogen and oxygen atoms in total. The van der Waals surface area contributed by atoms with Crippen molar-refractivity contribution in [2.45, 2.75) is 13.0 Å². The van der Waals surface area contributed by atoms with Gasteiger partial charge in [0.25, 0.3) is 0 Å². The first kappa shape index (κ1) is 11.1. The minimum absolute atomic E-state index is 0.0249. The topological polar surface area (TPSA) is 38.0 Å². The fourth-order valence-corrected chi connectivity index (χ4v) is 1.39. The maximum Gasteiger partial charge on any atom is 0.130 e. The Labute approximate surface area is 82.1 Å². The van der Waals surface area contributed by atoms with Gasteiger partial charge >= 0.3 is 0 Å². The molecule has 78 valence electrons. The lowest BCUT2D eigenvalue weighted by atomic mass is 10.1. The Balaban J connectivity index is 3.02. The standard InChI is InChI=1S/C10H14F2N2/c1-2-14-9(6-13)10-7(11)4-3-5-8(10)12/h3-5,9,14H,2,6,13H2,1H3. The van der Waals surface area contributed by atoms with E-state index in [0.717, 1.165) is 0 Å². The molecule has 3 N–H and O–H groups in total. The largest absolute Gasteiger partial charge is 0.329 e. The molecule has 0 aliphatic heterocycles. The van der Waals surface area contributed by atoms with Crippen molar-refractivity contribution < 1.29 is 8.78 Å². The Kier molecular flexibility index (Phi) is 3.98. The van der Waals surface area contributed by atoms with Crippen molar-refractivity contribution in [2.24, 2.45) is 5.73 Å². The van der Waals surface area contributed by atoms with E-state index in [2.05, 4.69) is 5.32 Å². The van der Waals surface area contributed by atoms with Crippen LogP contribution in [0.2, 0.25) is 0 Å². The first-order chi connectivity index (χ1) is 6.70. The van der Waals surface area contributed by atoms with Crippen LogP contribution in [0.15, 0.2) is 18.2 Å². The van der Waals surface area contributed by atoms with Crippen molar-refractivity contribution in [2.75, 3.05) is 13.1 Å². The Hall–Kier alpha value is -1.00. The van der Waals surface area contributed by atoms with Crippen LogP contribution >= 0.6 is 0 Å². The zero-order valence-electron chi connectivity index (χ0n) is 8.06. The molecule has 0 saturated heterocycles. The Bertz CT molecular complexity index is 282. The third kappa shape index (κ3) is 2.27. The van der Waals surface area contributed by atoms with Crippen LogP contribution < -0.4 is 11.1 Å². The Morgan fingerprint density at radius 2 is 1.93 bits per heavy atom. The van der Waals surface area contributed by atoms with Gasteiger partial charge in [-0.3, -0.25) is 0 Å². The van der Waals surface area contributed by atoms with Crippen molar-refractivity contribution in [1.82, 2.24) is 5.32 Å². The lowest BCUT2D eigenvalue weighted by molar-refractivity contribution is 0.480. The van der Waals surface area contributed by atoms with E-state index in [1.165, 1.54) is 18.2 Å². The van der Waals surface area contributed by atoms with Gasteiger partial charge in [-0.2, -0.15) is 0 Å². The first-order valence-electron chi connectivity index (χ1n) is 4.58. The fraction of sp³-hybridized carbons (Fsp3) is 0.400. The second-order valence-electron chi connectivity index (χ2n) is 2.98. The molecule has 0 radical (unpaired) electrons. The number of benzene rings is 1. The summed E-state index contributed by atoms with van der Waals surface area (Å²) in [5.74, 6) is -1.11.